The summed E-state index contributed by atoms with van der Waals surface area (Å²) in [6.45, 7) is 5.81. The maximum absolute atomic E-state index is 5.30. The van der Waals surface area contributed by atoms with Crippen LogP contribution < -0.4 is 0 Å². The molecule has 0 radical (unpaired) electrons. The van der Waals surface area contributed by atoms with E-state index in [1.807, 2.05) is 0 Å². The van der Waals surface area contributed by atoms with Gasteiger partial charge in [0, 0.05) is 12.6 Å². The van der Waals surface area contributed by atoms with Crippen molar-refractivity contribution >= 4 is 0 Å². The first-order chi connectivity index (χ1) is 6.40. The second kappa shape index (κ2) is 4.43. The largest absolute Gasteiger partial charge is 0.372 e. The van der Waals surface area contributed by atoms with Crippen LogP contribution in [0.25, 0.3) is 0 Å². The van der Waals surface area contributed by atoms with Gasteiger partial charge in [-0.2, -0.15) is 0 Å². The standard InChI is InChI=1S/C11H21NO/c1-2-5-10-6-3-4-7-12(10)8-11-9-13-11/h10-11H,2-9H2,1H3. The molecule has 0 aromatic heterocycles. The highest BCUT2D eigenvalue weighted by atomic mass is 16.6. The Labute approximate surface area is 81.3 Å². The fraction of sp³-hybridized carbons (Fsp3) is 1.00. The summed E-state index contributed by atoms with van der Waals surface area (Å²) in [5.74, 6) is 0. The lowest BCUT2D eigenvalue weighted by molar-refractivity contribution is 0.128. The first-order valence-electron chi connectivity index (χ1n) is 5.76. The molecule has 2 fully saturated rings. The third-order valence-corrected chi connectivity index (χ3v) is 3.21. The molecule has 2 aliphatic rings. The van der Waals surface area contributed by atoms with Crippen LogP contribution in [0.15, 0.2) is 0 Å². The van der Waals surface area contributed by atoms with E-state index in [0.717, 1.165) is 12.6 Å². The molecule has 0 spiro atoms. The predicted octanol–water partition coefficient (Wildman–Crippen LogP) is 2.04. The molecule has 0 aromatic rings. The number of likely N-dealkylation sites (tertiary alicyclic amines) is 1. The molecule has 2 rings (SSSR count). The van der Waals surface area contributed by atoms with Crippen molar-refractivity contribution in [3.63, 3.8) is 0 Å². The van der Waals surface area contributed by atoms with E-state index in [-0.39, 0.29) is 0 Å². The average Bonchev–Trinajstić information content (AvgIpc) is 2.93. The van der Waals surface area contributed by atoms with Gasteiger partial charge in [-0.3, -0.25) is 4.90 Å². The van der Waals surface area contributed by atoms with Crippen LogP contribution in [0.4, 0.5) is 0 Å². The minimum atomic E-state index is 0.581. The van der Waals surface area contributed by atoms with Gasteiger partial charge in [-0.05, 0) is 25.8 Å². The summed E-state index contributed by atoms with van der Waals surface area (Å²) >= 11 is 0. The first kappa shape index (κ1) is 9.47. The average molecular weight is 183 g/mol. The Morgan fingerprint density at radius 2 is 2.23 bits per heavy atom. The zero-order valence-corrected chi connectivity index (χ0v) is 8.67. The molecule has 0 bridgehead atoms. The van der Waals surface area contributed by atoms with Crippen LogP contribution in [0, 0.1) is 0 Å². The fourth-order valence-electron chi connectivity index (χ4n) is 2.40. The van der Waals surface area contributed by atoms with Gasteiger partial charge in [0.2, 0.25) is 0 Å². The van der Waals surface area contributed by atoms with Gasteiger partial charge in [0.1, 0.15) is 0 Å². The van der Waals surface area contributed by atoms with Crippen LogP contribution in [0.3, 0.4) is 0 Å². The zero-order valence-electron chi connectivity index (χ0n) is 8.67. The number of hydrogen-bond acceptors (Lipinski definition) is 2. The summed E-state index contributed by atoms with van der Waals surface area (Å²) in [5, 5.41) is 0. The van der Waals surface area contributed by atoms with E-state index in [1.165, 1.54) is 45.2 Å². The zero-order chi connectivity index (χ0) is 9.10. The van der Waals surface area contributed by atoms with Crippen molar-refractivity contribution in [1.82, 2.24) is 4.90 Å². The third-order valence-electron chi connectivity index (χ3n) is 3.21. The highest BCUT2D eigenvalue weighted by Gasteiger charge is 2.29. The summed E-state index contributed by atoms with van der Waals surface area (Å²) in [7, 11) is 0. The molecule has 76 valence electrons. The van der Waals surface area contributed by atoms with Crippen LogP contribution >= 0.6 is 0 Å². The van der Waals surface area contributed by atoms with E-state index in [9.17, 15) is 0 Å². The maximum Gasteiger partial charge on any atom is 0.0936 e. The molecule has 0 aromatic carbocycles. The number of epoxide rings is 1. The lowest BCUT2D eigenvalue weighted by Crippen LogP contribution is -2.41. The number of rotatable bonds is 4. The Balaban J connectivity index is 1.79. The summed E-state index contributed by atoms with van der Waals surface area (Å²) in [6, 6.07) is 0.864. The Kier molecular flexibility index (Phi) is 3.23. The predicted molar refractivity (Wildman–Crippen MR) is 53.9 cm³/mol. The smallest absolute Gasteiger partial charge is 0.0936 e. The highest BCUT2D eigenvalue weighted by Crippen LogP contribution is 2.23. The van der Waals surface area contributed by atoms with Gasteiger partial charge in [0.25, 0.3) is 0 Å². The highest BCUT2D eigenvalue weighted by molar-refractivity contribution is 4.82. The van der Waals surface area contributed by atoms with E-state index in [1.54, 1.807) is 0 Å². The van der Waals surface area contributed by atoms with E-state index in [2.05, 4.69) is 11.8 Å². The van der Waals surface area contributed by atoms with Gasteiger partial charge in [0.05, 0.1) is 12.7 Å². The number of hydrogen-bond donors (Lipinski definition) is 0. The summed E-state index contributed by atoms with van der Waals surface area (Å²) in [4.78, 5) is 2.66. The van der Waals surface area contributed by atoms with Crippen LogP contribution in [0.1, 0.15) is 39.0 Å². The molecule has 0 aliphatic carbocycles. The Morgan fingerprint density at radius 3 is 2.92 bits per heavy atom. The molecule has 2 saturated heterocycles. The molecular weight excluding hydrogens is 162 g/mol. The molecule has 13 heavy (non-hydrogen) atoms. The molecule has 0 saturated carbocycles. The van der Waals surface area contributed by atoms with E-state index in [0.29, 0.717) is 6.10 Å². The molecule has 2 heteroatoms. The molecule has 2 nitrogen and oxygen atoms in total. The third kappa shape index (κ3) is 2.68. The van der Waals surface area contributed by atoms with Gasteiger partial charge in [-0.1, -0.05) is 19.8 Å². The molecule has 2 aliphatic heterocycles. The van der Waals surface area contributed by atoms with Gasteiger partial charge >= 0.3 is 0 Å². The second-order valence-electron chi connectivity index (χ2n) is 4.39. The van der Waals surface area contributed by atoms with Crippen LogP contribution in [0.2, 0.25) is 0 Å². The van der Waals surface area contributed by atoms with Crippen LogP contribution in [-0.2, 0) is 4.74 Å². The quantitative estimate of drug-likeness (QED) is 0.620. The molecule has 2 heterocycles. The van der Waals surface area contributed by atoms with E-state index in [4.69, 9.17) is 4.74 Å². The molecule has 0 N–H and O–H groups in total. The second-order valence-corrected chi connectivity index (χ2v) is 4.39. The Bertz CT molecular complexity index is 154. The SMILES string of the molecule is CCCC1CCCCN1CC1CO1. The van der Waals surface area contributed by atoms with Gasteiger partial charge in [0.15, 0.2) is 0 Å². The number of ether oxygens (including phenoxy) is 1. The van der Waals surface area contributed by atoms with Gasteiger partial charge in [-0.25, -0.2) is 0 Å². The van der Waals surface area contributed by atoms with Crippen molar-refractivity contribution in [1.29, 1.82) is 0 Å². The summed E-state index contributed by atoms with van der Waals surface area (Å²) in [5.41, 5.74) is 0. The Morgan fingerprint density at radius 1 is 1.38 bits per heavy atom. The number of piperidine rings is 1. The topological polar surface area (TPSA) is 15.8 Å². The molecule has 0 amide bonds. The van der Waals surface area contributed by atoms with Gasteiger partial charge in [-0.15, -0.1) is 0 Å². The van der Waals surface area contributed by atoms with E-state index >= 15 is 0 Å². The summed E-state index contributed by atoms with van der Waals surface area (Å²) in [6.07, 6.45) is 7.54. The number of nitrogens with zero attached hydrogens (tertiary/aromatic N) is 1. The fourth-order valence-corrected chi connectivity index (χ4v) is 2.40. The molecule has 2 atom stereocenters. The lowest BCUT2D eigenvalue weighted by Gasteiger charge is -2.35. The summed E-state index contributed by atoms with van der Waals surface area (Å²) < 4.78 is 5.30. The molecule has 2 unspecified atom stereocenters. The van der Waals surface area contributed by atoms with E-state index < -0.39 is 0 Å². The Hall–Kier alpha value is -0.0800. The van der Waals surface area contributed by atoms with Crippen molar-refractivity contribution in [2.24, 2.45) is 0 Å². The maximum atomic E-state index is 5.30. The van der Waals surface area contributed by atoms with Crippen molar-refractivity contribution in [3.8, 4) is 0 Å². The minimum absolute atomic E-state index is 0.581. The first-order valence-corrected chi connectivity index (χ1v) is 5.76. The lowest BCUT2D eigenvalue weighted by atomic mass is 9.98. The van der Waals surface area contributed by atoms with Gasteiger partial charge < -0.3 is 4.74 Å². The van der Waals surface area contributed by atoms with Crippen molar-refractivity contribution < 1.29 is 4.74 Å². The van der Waals surface area contributed by atoms with Crippen molar-refractivity contribution in [2.45, 2.75) is 51.2 Å². The van der Waals surface area contributed by atoms with Crippen LogP contribution in [-0.4, -0.2) is 36.7 Å². The molecular formula is C11H21NO. The van der Waals surface area contributed by atoms with Crippen LogP contribution in [0.5, 0.6) is 0 Å². The van der Waals surface area contributed by atoms with Crippen molar-refractivity contribution in [2.75, 3.05) is 19.7 Å². The normalized spacial score (nSPS) is 34.8. The van der Waals surface area contributed by atoms with Crippen molar-refractivity contribution in [3.05, 3.63) is 0 Å². The monoisotopic (exact) mass is 183 g/mol. The minimum Gasteiger partial charge on any atom is -0.372 e.